The number of nitrogens with two attached hydrogens (primary N) is 1. The molecule has 1 aliphatic carbocycles. The van der Waals surface area contributed by atoms with E-state index in [0.717, 1.165) is 17.8 Å². The zero-order valence-electron chi connectivity index (χ0n) is 11.1. The van der Waals surface area contributed by atoms with E-state index in [2.05, 4.69) is 10.8 Å². The largest absolute Gasteiger partial charge is 0.389 e. The molecule has 1 unspecified atom stereocenters. The molecule has 3 N–H and O–H groups in total. The summed E-state index contributed by atoms with van der Waals surface area (Å²) in [4.78, 5) is 0.828. The molecule has 3 rings (SSSR count). The van der Waals surface area contributed by atoms with E-state index in [4.69, 9.17) is 18.0 Å². The molecule has 1 atom stereocenters. The number of thiophene rings is 1. The Balaban J connectivity index is 1.69. The summed E-state index contributed by atoms with van der Waals surface area (Å²) in [5, 5.41) is 0. The first-order chi connectivity index (χ1) is 9.97. The zero-order chi connectivity index (χ0) is 15.0. The van der Waals surface area contributed by atoms with Crippen molar-refractivity contribution in [2.75, 3.05) is 6.54 Å². The van der Waals surface area contributed by atoms with Gasteiger partial charge in [0.2, 0.25) is 10.0 Å². The minimum absolute atomic E-state index is 0.217. The van der Waals surface area contributed by atoms with E-state index < -0.39 is 10.0 Å². The van der Waals surface area contributed by atoms with Gasteiger partial charge in [0.15, 0.2) is 0 Å². The summed E-state index contributed by atoms with van der Waals surface area (Å²) in [6.07, 6.45) is 0.918. The van der Waals surface area contributed by atoms with Crippen molar-refractivity contribution in [2.45, 2.75) is 16.5 Å². The Morgan fingerprint density at radius 2 is 2.10 bits per heavy atom. The number of rotatable bonds is 5. The number of hydrogen-bond acceptors (Lipinski definition) is 4. The van der Waals surface area contributed by atoms with Gasteiger partial charge in [-0.25, -0.2) is 13.1 Å². The van der Waals surface area contributed by atoms with Crippen LogP contribution in [0.25, 0.3) is 0 Å². The standard InChI is InChI=1S/C14H14N2O2S3/c15-14(19)12-5-6-13(20-12)21(17,18)16-8-10-7-9-3-1-2-4-11(9)10/h1-6,10,16H,7-8H2,(H2,15,19). The molecule has 1 aliphatic rings. The smallest absolute Gasteiger partial charge is 0.250 e. The maximum absolute atomic E-state index is 12.2. The van der Waals surface area contributed by atoms with Crippen LogP contribution in [0, 0.1) is 0 Å². The molecule has 0 fully saturated rings. The van der Waals surface area contributed by atoms with Crippen molar-refractivity contribution in [2.24, 2.45) is 5.73 Å². The second-order valence-electron chi connectivity index (χ2n) is 4.93. The van der Waals surface area contributed by atoms with E-state index in [1.54, 1.807) is 6.07 Å². The van der Waals surface area contributed by atoms with Crippen molar-refractivity contribution in [1.82, 2.24) is 4.72 Å². The molecule has 0 aliphatic heterocycles. The molecule has 7 heteroatoms. The van der Waals surface area contributed by atoms with Crippen LogP contribution in [0.2, 0.25) is 0 Å². The van der Waals surface area contributed by atoms with Crippen LogP contribution < -0.4 is 10.5 Å². The number of thiocarbonyl (C=S) groups is 1. The van der Waals surface area contributed by atoms with Crippen LogP contribution in [0.5, 0.6) is 0 Å². The Bertz CT molecular complexity index is 796. The van der Waals surface area contributed by atoms with E-state index in [9.17, 15) is 8.42 Å². The van der Waals surface area contributed by atoms with Crippen molar-refractivity contribution in [3.05, 3.63) is 52.4 Å². The lowest BCUT2D eigenvalue weighted by atomic mass is 9.78. The minimum atomic E-state index is -3.49. The van der Waals surface area contributed by atoms with Gasteiger partial charge in [0.05, 0.1) is 4.88 Å². The summed E-state index contributed by atoms with van der Waals surface area (Å²) in [5.41, 5.74) is 8.03. The van der Waals surface area contributed by atoms with Gasteiger partial charge >= 0.3 is 0 Å². The molecular weight excluding hydrogens is 324 g/mol. The topological polar surface area (TPSA) is 72.2 Å². The molecule has 1 heterocycles. The molecule has 0 bridgehead atoms. The second kappa shape index (κ2) is 5.49. The first-order valence-electron chi connectivity index (χ1n) is 6.44. The second-order valence-corrected chi connectivity index (χ2v) is 8.45. The first kappa shape index (κ1) is 14.6. The molecule has 1 aromatic carbocycles. The number of hydrogen-bond donors (Lipinski definition) is 2. The lowest BCUT2D eigenvalue weighted by molar-refractivity contribution is 0.553. The highest BCUT2D eigenvalue weighted by Gasteiger charge is 2.27. The van der Waals surface area contributed by atoms with Gasteiger partial charge in [0.1, 0.15) is 9.20 Å². The fourth-order valence-corrected chi connectivity index (χ4v) is 4.90. The normalized spacial score (nSPS) is 17.0. The number of fused-ring (bicyclic) bond motifs is 1. The van der Waals surface area contributed by atoms with Crippen molar-refractivity contribution >= 4 is 38.6 Å². The van der Waals surface area contributed by atoms with Crippen LogP contribution in [-0.2, 0) is 16.4 Å². The molecule has 110 valence electrons. The lowest BCUT2D eigenvalue weighted by Crippen LogP contribution is -2.32. The highest BCUT2D eigenvalue weighted by molar-refractivity contribution is 7.91. The van der Waals surface area contributed by atoms with Gasteiger partial charge in [0, 0.05) is 12.5 Å². The highest BCUT2D eigenvalue weighted by Crippen LogP contribution is 2.34. The zero-order valence-corrected chi connectivity index (χ0v) is 13.5. The third-order valence-electron chi connectivity index (χ3n) is 3.57. The van der Waals surface area contributed by atoms with Gasteiger partial charge in [-0.2, -0.15) is 0 Å². The Labute approximate surface area is 133 Å². The predicted molar refractivity (Wildman–Crippen MR) is 88.3 cm³/mol. The molecule has 0 spiro atoms. The molecule has 1 aromatic heterocycles. The van der Waals surface area contributed by atoms with Crippen LogP contribution in [0.4, 0.5) is 0 Å². The van der Waals surface area contributed by atoms with E-state index in [1.807, 2.05) is 18.2 Å². The monoisotopic (exact) mass is 338 g/mol. The maximum Gasteiger partial charge on any atom is 0.250 e. The summed E-state index contributed by atoms with van der Waals surface area (Å²) in [5.74, 6) is 0.256. The molecule has 0 saturated heterocycles. The highest BCUT2D eigenvalue weighted by atomic mass is 32.2. The summed E-state index contributed by atoms with van der Waals surface area (Å²) in [6.45, 7) is 0.416. The fourth-order valence-electron chi connectivity index (χ4n) is 2.42. The summed E-state index contributed by atoms with van der Waals surface area (Å²) in [6, 6.07) is 11.3. The van der Waals surface area contributed by atoms with Crippen molar-refractivity contribution in [1.29, 1.82) is 0 Å². The van der Waals surface area contributed by atoms with Gasteiger partial charge in [-0.3, -0.25) is 0 Å². The Hall–Kier alpha value is -1.28. The molecule has 0 amide bonds. The van der Waals surface area contributed by atoms with E-state index in [0.29, 0.717) is 11.4 Å². The maximum atomic E-state index is 12.2. The van der Waals surface area contributed by atoms with Gasteiger partial charge in [0.25, 0.3) is 0 Å². The van der Waals surface area contributed by atoms with Crippen LogP contribution in [-0.4, -0.2) is 20.0 Å². The number of nitrogens with one attached hydrogen (secondary N) is 1. The molecular formula is C14H14N2O2S3. The van der Waals surface area contributed by atoms with Gasteiger partial charge in [-0.1, -0.05) is 36.5 Å². The number of sulfonamides is 1. The third kappa shape index (κ3) is 2.87. The van der Waals surface area contributed by atoms with Crippen LogP contribution in [0.15, 0.2) is 40.6 Å². The fraction of sp³-hybridized carbons (Fsp3) is 0.214. The minimum Gasteiger partial charge on any atom is -0.389 e. The Kier molecular flexibility index (Phi) is 3.83. The van der Waals surface area contributed by atoms with Gasteiger partial charge in [-0.15, -0.1) is 11.3 Å². The SMILES string of the molecule is NC(=S)c1ccc(S(=O)(=O)NCC2Cc3ccccc32)s1. The lowest BCUT2D eigenvalue weighted by Gasteiger charge is -2.29. The van der Waals surface area contributed by atoms with Crippen molar-refractivity contribution in [3.8, 4) is 0 Å². The average Bonchev–Trinajstić information content (AvgIpc) is 2.90. The summed E-state index contributed by atoms with van der Waals surface area (Å²) < 4.78 is 27.4. The van der Waals surface area contributed by atoms with E-state index in [-0.39, 0.29) is 15.1 Å². The Morgan fingerprint density at radius 1 is 1.33 bits per heavy atom. The average molecular weight is 338 g/mol. The van der Waals surface area contributed by atoms with E-state index >= 15 is 0 Å². The molecule has 2 aromatic rings. The van der Waals surface area contributed by atoms with E-state index in [1.165, 1.54) is 17.2 Å². The summed E-state index contributed by atoms with van der Waals surface area (Å²) >= 11 is 5.94. The third-order valence-corrected chi connectivity index (χ3v) is 6.95. The van der Waals surface area contributed by atoms with Crippen LogP contribution in [0.1, 0.15) is 21.9 Å². The quantitative estimate of drug-likeness (QED) is 0.818. The summed E-state index contributed by atoms with van der Waals surface area (Å²) in [7, 11) is -3.49. The molecule has 0 radical (unpaired) electrons. The Morgan fingerprint density at radius 3 is 2.76 bits per heavy atom. The van der Waals surface area contributed by atoms with Crippen LogP contribution >= 0.6 is 23.6 Å². The van der Waals surface area contributed by atoms with Crippen LogP contribution in [0.3, 0.4) is 0 Å². The van der Waals surface area contributed by atoms with Crippen molar-refractivity contribution < 1.29 is 8.42 Å². The van der Waals surface area contributed by atoms with Gasteiger partial charge < -0.3 is 5.73 Å². The number of benzene rings is 1. The van der Waals surface area contributed by atoms with Crippen molar-refractivity contribution in [3.63, 3.8) is 0 Å². The molecule has 0 saturated carbocycles. The molecule has 21 heavy (non-hydrogen) atoms. The predicted octanol–water partition coefficient (Wildman–Crippen LogP) is 2.00. The molecule has 4 nitrogen and oxygen atoms in total. The van der Waals surface area contributed by atoms with Gasteiger partial charge in [-0.05, 0) is 29.7 Å². The first-order valence-corrected chi connectivity index (χ1v) is 9.15.